The van der Waals surface area contributed by atoms with Gasteiger partial charge in [0.05, 0.1) is 0 Å². The zero-order chi connectivity index (χ0) is 21.4. The van der Waals surface area contributed by atoms with Crippen LogP contribution >= 0.6 is 0 Å². The molecule has 152 valence electrons. The van der Waals surface area contributed by atoms with Gasteiger partial charge in [-0.3, -0.25) is 9.59 Å². The Morgan fingerprint density at radius 1 is 0.586 bits per heavy atom. The van der Waals surface area contributed by atoms with Crippen LogP contribution in [0.3, 0.4) is 0 Å². The lowest BCUT2D eigenvalue weighted by Crippen LogP contribution is -2.50. The highest BCUT2D eigenvalue weighted by Gasteiger charge is 2.83. The van der Waals surface area contributed by atoms with Gasteiger partial charge in [0.25, 0.3) is 0 Å². The van der Waals surface area contributed by atoms with Crippen molar-refractivity contribution in [2.45, 2.75) is 17.8 Å². The summed E-state index contributed by atoms with van der Waals surface area (Å²) in [6, 6.07) is 8.34. The highest BCUT2D eigenvalue weighted by Crippen LogP contribution is 2.59. The second-order valence-corrected chi connectivity index (χ2v) is 5.96. The molecule has 2 aromatic rings. The number of benzene rings is 2. The van der Waals surface area contributed by atoms with Crippen molar-refractivity contribution in [3.8, 4) is 11.5 Å². The monoisotopic (exact) mass is 416 g/mol. The van der Waals surface area contributed by atoms with Crippen LogP contribution in [0.15, 0.2) is 60.0 Å². The third kappa shape index (κ3) is 3.24. The summed E-state index contributed by atoms with van der Waals surface area (Å²) in [6.07, 6.45) is 0.847. The fourth-order valence-corrected chi connectivity index (χ4v) is 2.45. The molecule has 0 bridgehead atoms. The molecule has 0 N–H and O–H groups in total. The van der Waals surface area contributed by atoms with Crippen molar-refractivity contribution in [1.29, 1.82) is 0 Å². The minimum atomic E-state index is -5.82. The van der Waals surface area contributed by atoms with Gasteiger partial charge in [0.15, 0.2) is 0 Å². The molecule has 0 aliphatic heterocycles. The highest BCUT2D eigenvalue weighted by atomic mass is 19.3. The van der Waals surface area contributed by atoms with Gasteiger partial charge in [-0.05, 0) is 48.5 Å². The molecule has 2 aromatic carbocycles. The molecule has 1 aliphatic rings. The first-order valence-electron chi connectivity index (χ1n) is 7.89. The van der Waals surface area contributed by atoms with Crippen LogP contribution in [0.5, 0.6) is 11.5 Å². The van der Waals surface area contributed by atoms with Gasteiger partial charge < -0.3 is 9.47 Å². The van der Waals surface area contributed by atoms with Crippen molar-refractivity contribution >= 4 is 12.6 Å². The first kappa shape index (κ1) is 20.4. The highest BCUT2D eigenvalue weighted by molar-refractivity contribution is 5.75. The average molecular weight is 416 g/mol. The zero-order valence-corrected chi connectivity index (χ0v) is 14.2. The molecule has 0 fully saturated rings. The van der Waals surface area contributed by atoms with E-state index in [0.29, 0.717) is 12.6 Å². The first-order chi connectivity index (χ1) is 13.5. The lowest BCUT2D eigenvalue weighted by molar-refractivity contribution is -0.273. The molecule has 0 atom stereocenters. The Balaban J connectivity index is 2.07. The van der Waals surface area contributed by atoms with Crippen molar-refractivity contribution in [1.82, 2.24) is 0 Å². The normalized spacial score (nSPS) is 19.0. The Morgan fingerprint density at radius 3 is 1.17 bits per heavy atom. The molecule has 0 amide bonds. The van der Waals surface area contributed by atoms with Gasteiger partial charge in [0, 0.05) is 11.1 Å². The third-order valence-corrected chi connectivity index (χ3v) is 4.04. The molecule has 0 radical (unpaired) electrons. The van der Waals surface area contributed by atoms with Crippen LogP contribution < -0.4 is 9.47 Å². The molecule has 1 aliphatic carbocycles. The third-order valence-electron chi connectivity index (χ3n) is 4.04. The first-order valence-corrected chi connectivity index (χ1v) is 7.89. The van der Waals surface area contributed by atoms with Crippen LogP contribution in [-0.2, 0) is 0 Å². The molecule has 29 heavy (non-hydrogen) atoms. The minimum Gasteiger partial charge on any atom is -0.451 e. The Labute approximate surface area is 159 Å². The second kappa shape index (κ2) is 6.94. The van der Waals surface area contributed by atoms with Gasteiger partial charge in [0.1, 0.15) is 24.1 Å². The van der Waals surface area contributed by atoms with E-state index in [1.54, 1.807) is 0 Å². The summed E-state index contributed by atoms with van der Waals surface area (Å²) in [4.78, 5) is 21.3. The maximum atomic E-state index is 14.2. The molecule has 0 heterocycles. The molecule has 0 unspecified atom stereocenters. The maximum absolute atomic E-state index is 14.2. The predicted molar refractivity (Wildman–Crippen MR) is 86.8 cm³/mol. The molecular formula is C19H10F6O4. The van der Waals surface area contributed by atoms with Crippen molar-refractivity contribution in [3.05, 3.63) is 71.2 Å². The zero-order valence-electron chi connectivity index (χ0n) is 14.2. The number of alkyl halides is 6. The van der Waals surface area contributed by atoms with Crippen LogP contribution in [0.25, 0.3) is 0 Å². The fourth-order valence-electron chi connectivity index (χ4n) is 2.45. The summed E-state index contributed by atoms with van der Waals surface area (Å²) in [7, 11) is 0. The van der Waals surface area contributed by atoms with E-state index >= 15 is 0 Å². The quantitative estimate of drug-likeness (QED) is 0.497. The number of hydrogen-bond donors (Lipinski definition) is 0. The Bertz CT molecular complexity index is 888. The summed E-state index contributed by atoms with van der Waals surface area (Å²) >= 11 is 0. The smallest absolute Gasteiger partial charge is 0.387 e. The fraction of sp³-hybridized carbons (Fsp3) is 0.158. The van der Waals surface area contributed by atoms with Gasteiger partial charge in [-0.1, -0.05) is 0 Å². The van der Waals surface area contributed by atoms with Gasteiger partial charge >= 0.3 is 17.8 Å². The molecule has 4 nitrogen and oxygen atoms in total. The van der Waals surface area contributed by atoms with E-state index in [1.165, 1.54) is 0 Å². The van der Waals surface area contributed by atoms with Crippen LogP contribution in [0.2, 0.25) is 0 Å². The van der Waals surface area contributed by atoms with Crippen molar-refractivity contribution in [2.75, 3.05) is 0 Å². The molecule has 0 spiro atoms. The Morgan fingerprint density at radius 2 is 0.897 bits per heavy atom. The minimum absolute atomic E-state index is 0.118. The standard InChI is InChI=1S/C19H10F6O4/c20-17(21)15(28-13-5-1-11(9-26)2-6-13)16(18(22,23)19(17,24)25)29-14-7-3-12(10-27)4-8-14/h1-10H. The van der Waals surface area contributed by atoms with Crippen LogP contribution in [-0.4, -0.2) is 30.3 Å². The van der Waals surface area contributed by atoms with Crippen LogP contribution in [0, 0.1) is 0 Å². The summed E-state index contributed by atoms with van der Waals surface area (Å²) in [5.41, 5.74) is 0.235. The number of rotatable bonds is 6. The van der Waals surface area contributed by atoms with Gasteiger partial charge in [-0.15, -0.1) is 0 Å². The Kier molecular flexibility index (Phi) is 4.89. The van der Waals surface area contributed by atoms with Crippen LogP contribution in [0.1, 0.15) is 20.7 Å². The van der Waals surface area contributed by atoms with Gasteiger partial charge in [-0.25, -0.2) is 0 Å². The number of carbonyl (C=O) groups excluding carboxylic acids is 2. The lowest BCUT2D eigenvalue weighted by atomic mass is 10.1. The molecule has 3 rings (SSSR count). The number of hydrogen-bond acceptors (Lipinski definition) is 4. The van der Waals surface area contributed by atoms with Crippen LogP contribution in [0.4, 0.5) is 26.3 Å². The van der Waals surface area contributed by atoms with E-state index in [4.69, 9.17) is 0 Å². The largest absolute Gasteiger partial charge is 0.451 e. The number of ether oxygens (including phenoxy) is 2. The van der Waals surface area contributed by atoms with E-state index in [2.05, 4.69) is 9.47 Å². The average Bonchev–Trinajstić information content (AvgIpc) is 2.79. The summed E-state index contributed by atoms with van der Waals surface area (Å²) in [5, 5.41) is 0. The maximum Gasteiger partial charge on any atom is 0.387 e. The van der Waals surface area contributed by atoms with E-state index in [1.807, 2.05) is 0 Å². The number of allylic oxidation sites excluding steroid dienone is 2. The van der Waals surface area contributed by atoms with E-state index in [0.717, 1.165) is 48.5 Å². The molecular weight excluding hydrogens is 406 g/mol. The SMILES string of the molecule is O=Cc1ccc(OC2=C(Oc3ccc(C=O)cc3)C(F)(F)C(F)(F)C2(F)F)cc1. The van der Waals surface area contributed by atoms with Gasteiger partial charge in [-0.2, -0.15) is 26.3 Å². The number of halogens is 6. The summed E-state index contributed by atoms with van der Waals surface area (Å²) in [6.45, 7) is 0. The summed E-state index contributed by atoms with van der Waals surface area (Å²) < 4.78 is 93.8. The molecule has 0 aromatic heterocycles. The lowest BCUT2D eigenvalue weighted by Gasteiger charge is -2.24. The predicted octanol–water partition coefficient (Wildman–Crippen LogP) is 4.90. The number of aldehydes is 2. The van der Waals surface area contributed by atoms with Crippen molar-refractivity contribution in [3.63, 3.8) is 0 Å². The van der Waals surface area contributed by atoms with Crippen molar-refractivity contribution in [2.24, 2.45) is 0 Å². The summed E-state index contributed by atoms with van der Waals surface area (Å²) in [5.74, 6) is -21.7. The Hall–Kier alpha value is -3.30. The van der Waals surface area contributed by atoms with E-state index < -0.39 is 40.8 Å². The van der Waals surface area contributed by atoms with Crippen molar-refractivity contribution < 1.29 is 45.4 Å². The van der Waals surface area contributed by atoms with E-state index in [-0.39, 0.29) is 11.1 Å². The van der Waals surface area contributed by atoms with E-state index in [9.17, 15) is 35.9 Å². The molecule has 10 heteroatoms. The van der Waals surface area contributed by atoms with Gasteiger partial charge in [0.2, 0.25) is 11.5 Å². The number of carbonyl (C=O) groups is 2. The topological polar surface area (TPSA) is 52.6 Å². The molecule has 0 saturated heterocycles. The molecule has 0 saturated carbocycles. The second-order valence-electron chi connectivity index (χ2n) is 5.96.